The van der Waals surface area contributed by atoms with Gasteiger partial charge >= 0.3 is 0 Å². The second-order valence-electron chi connectivity index (χ2n) is 12.5. The first-order chi connectivity index (χ1) is 17.1. The number of unbranched alkanes of at least 4 members (excludes halogenated alkanes) is 1. The van der Waals surface area contributed by atoms with Crippen molar-refractivity contribution in [1.82, 2.24) is 10.2 Å². The van der Waals surface area contributed by atoms with E-state index in [9.17, 15) is 14.9 Å². The van der Waals surface area contributed by atoms with Crippen molar-refractivity contribution in [3.05, 3.63) is 35.9 Å². The summed E-state index contributed by atoms with van der Waals surface area (Å²) in [4.78, 5) is 28.0. The van der Waals surface area contributed by atoms with Gasteiger partial charge in [0.1, 0.15) is 6.04 Å². The van der Waals surface area contributed by atoms with Crippen LogP contribution in [0.3, 0.4) is 0 Å². The minimum atomic E-state index is -0.535. The highest BCUT2D eigenvalue weighted by atomic mass is 16.2. The number of hydrogen-bond acceptors (Lipinski definition) is 3. The Bertz CT molecular complexity index is 906. The van der Waals surface area contributed by atoms with E-state index in [0.29, 0.717) is 24.3 Å². The first-order valence-electron chi connectivity index (χ1n) is 14.1. The summed E-state index contributed by atoms with van der Waals surface area (Å²) >= 11 is 0. The third-order valence-corrected chi connectivity index (χ3v) is 8.86. The molecule has 1 heterocycles. The predicted molar refractivity (Wildman–Crippen MR) is 145 cm³/mol. The van der Waals surface area contributed by atoms with Crippen LogP contribution in [0.4, 0.5) is 0 Å². The molecule has 1 saturated heterocycles. The van der Waals surface area contributed by atoms with Crippen LogP contribution in [-0.4, -0.2) is 35.3 Å². The summed E-state index contributed by atoms with van der Waals surface area (Å²) in [5.74, 6) is 1.02. The van der Waals surface area contributed by atoms with E-state index in [2.05, 4.69) is 46.0 Å². The molecule has 3 rings (SSSR count). The molecule has 1 N–H and O–H groups in total. The lowest BCUT2D eigenvalue weighted by molar-refractivity contribution is -0.139. The van der Waals surface area contributed by atoms with Crippen molar-refractivity contribution < 1.29 is 9.59 Å². The van der Waals surface area contributed by atoms with E-state index in [4.69, 9.17) is 0 Å². The van der Waals surface area contributed by atoms with Crippen LogP contribution in [0.5, 0.6) is 0 Å². The Morgan fingerprint density at radius 1 is 1.06 bits per heavy atom. The number of carbonyl (C=O) groups is 2. The number of nitrogens with zero attached hydrogens (tertiary/aromatic N) is 2. The lowest BCUT2D eigenvalue weighted by Gasteiger charge is -2.37. The van der Waals surface area contributed by atoms with Crippen molar-refractivity contribution in [2.24, 2.45) is 17.3 Å². The Hall–Kier alpha value is -2.35. The highest BCUT2D eigenvalue weighted by molar-refractivity contribution is 5.88. The minimum Gasteiger partial charge on any atom is -0.352 e. The average Bonchev–Trinajstić information content (AvgIpc) is 3.35. The SMILES string of the molecule is CC(C)C(C#N)(CCCCC(=O)N1CCC[C@@H]1C(=O)NC1CCC(C(C)(C)C)CC1)c1ccccc1. The zero-order chi connectivity index (χ0) is 26.3. The lowest BCUT2D eigenvalue weighted by atomic mass is 9.69. The molecule has 0 radical (unpaired) electrons. The summed E-state index contributed by atoms with van der Waals surface area (Å²) < 4.78 is 0. The van der Waals surface area contributed by atoms with Crippen LogP contribution in [-0.2, 0) is 15.0 Å². The number of benzene rings is 1. The largest absolute Gasteiger partial charge is 0.352 e. The molecular weight excluding hydrogens is 446 g/mol. The molecule has 2 aliphatic rings. The van der Waals surface area contributed by atoms with Gasteiger partial charge in [-0.2, -0.15) is 5.26 Å². The van der Waals surface area contributed by atoms with Crippen molar-refractivity contribution >= 4 is 11.8 Å². The number of hydrogen-bond donors (Lipinski definition) is 1. The zero-order valence-electron chi connectivity index (χ0n) is 23.2. The highest BCUT2D eigenvalue weighted by Gasteiger charge is 2.37. The maximum absolute atomic E-state index is 13.1. The first-order valence-corrected chi connectivity index (χ1v) is 14.1. The molecule has 0 spiro atoms. The van der Waals surface area contributed by atoms with Gasteiger partial charge in [-0.15, -0.1) is 0 Å². The topological polar surface area (TPSA) is 73.2 Å². The molecule has 2 atom stereocenters. The molecule has 1 aliphatic heterocycles. The van der Waals surface area contributed by atoms with Gasteiger partial charge in [0.25, 0.3) is 0 Å². The zero-order valence-corrected chi connectivity index (χ0v) is 23.2. The monoisotopic (exact) mass is 493 g/mol. The summed E-state index contributed by atoms with van der Waals surface area (Å²) in [7, 11) is 0. The molecule has 1 unspecified atom stereocenters. The van der Waals surface area contributed by atoms with Gasteiger partial charge in [0, 0.05) is 19.0 Å². The van der Waals surface area contributed by atoms with E-state index >= 15 is 0 Å². The van der Waals surface area contributed by atoms with Crippen LogP contribution in [0.2, 0.25) is 0 Å². The molecule has 0 aromatic heterocycles. The number of nitrogens with one attached hydrogen (secondary N) is 1. The fourth-order valence-corrected chi connectivity index (χ4v) is 6.31. The molecule has 1 aliphatic carbocycles. The van der Waals surface area contributed by atoms with Gasteiger partial charge in [0.15, 0.2) is 0 Å². The molecule has 5 nitrogen and oxygen atoms in total. The quantitative estimate of drug-likeness (QED) is 0.406. The molecular formula is C31H47N3O2. The number of amides is 2. The van der Waals surface area contributed by atoms with Crippen LogP contribution in [0.15, 0.2) is 30.3 Å². The molecule has 36 heavy (non-hydrogen) atoms. The maximum atomic E-state index is 13.1. The standard InChI is InChI=1S/C31H47N3O2/c1-23(2)31(22-32,25-12-7-6-8-13-25)20-10-9-15-28(35)34-21-11-14-27(34)29(36)33-26-18-16-24(17-19-26)30(3,4)5/h6-8,12-13,23-24,26-27H,9-11,14-21H2,1-5H3,(H,33,36)/t24?,26?,27-,31?/m1/s1. The Labute approximate surface area is 219 Å². The van der Waals surface area contributed by atoms with Crippen molar-refractivity contribution in [2.45, 2.75) is 116 Å². The van der Waals surface area contributed by atoms with E-state index < -0.39 is 5.41 Å². The summed E-state index contributed by atoms with van der Waals surface area (Å²) in [6.07, 6.45) is 8.76. The highest BCUT2D eigenvalue weighted by Crippen LogP contribution is 2.38. The van der Waals surface area contributed by atoms with Crippen LogP contribution in [0, 0.1) is 28.6 Å². The van der Waals surface area contributed by atoms with Gasteiger partial charge in [-0.3, -0.25) is 9.59 Å². The van der Waals surface area contributed by atoms with Crippen molar-refractivity contribution in [2.75, 3.05) is 6.54 Å². The third-order valence-electron chi connectivity index (χ3n) is 8.86. The summed E-state index contributed by atoms with van der Waals surface area (Å²) in [6, 6.07) is 12.5. The van der Waals surface area contributed by atoms with E-state index in [0.717, 1.165) is 63.4 Å². The van der Waals surface area contributed by atoms with Gasteiger partial charge in [-0.05, 0) is 74.2 Å². The van der Waals surface area contributed by atoms with Gasteiger partial charge < -0.3 is 10.2 Å². The van der Waals surface area contributed by atoms with Crippen LogP contribution in [0.25, 0.3) is 0 Å². The molecule has 1 aromatic rings. The van der Waals surface area contributed by atoms with Crippen molar-refractivity contribution in [3.8, 4) is 6.07 Å². The normalized spacial score (nSPS) is 24.2. The summed E-state index contributed by atoms with van der Waals surface area (Å²) in [5, 5.41) is 13.4. The first kappa shape index (κ1) is 28.2. The van der Waals surface area contributed by atoms with Crippen LogP contribution < -0.4 is 5.32 Å². The predicted octanol–water partition coefficient (Wildman–Crippen LogP) is 6.38. The van der Waals surface area contributed by atoms with Gasteiger partial charge in [0.2, 0.25) is 11.8 Å². The van der Waals surface area contributed by atoms with E-state index in [1.54, 1.807) is 0 Å². The van der Waals surface area contributed by atoms with E-state index in [1.807, 2.05) is 35.2 Å². The molecule has 2 amide bonds. The second-order valence-corrected chi connectivity index (χ2v) is 12.5. The maximum Gasteiger partial charge on any atom is 0.243 e. The Morgan fingerprint density at radius 3 is 2.31 bits per heavy atom. The van der Waals surface area contributed by atoms with Gasteiger partial charge in [0.05, 0.1) is 11.5 Å². The molecule has 0 bridgehead atoms. The number of likely N-dealkylation sites (tertiary alicyclic amines) is 1. The minimum absolute atomic E-state index is 0.0347. The fraction of sp³-hybridized carbons (Fsp3) is 0.710. The third kappa shape index (κ3) is 6.69. The molecule has 1 saturated carbocycles. The second kappa shape index (κ2) is 12.3. The molecule has 198 valence electrons. The van der Waals surface area contributed by atoms with Crippen LogP contribution in [0.1, 0.15) is 104 Å². The summed E-state index contributed by atoms with van der Waals surface area (Å²) in [5.41, 5.74) is 0.848. The Morgan fingerprint density at radius 2 is 1.72 bits per heavy atom. The Kier molecular flexibility index (Phi) is 9.61. The molecule has 1 aromatic carbocycles. The van der Waals surface area contributed by atoms with Crippen LogP contribution >= 0.6 is 0 Å². The number of nitriles is 1. The van der Waals surface area contributed by atoms with Crippen molar-refractivity contribution in [3.63, 3.8) is 0 Å². The van der Waals surface area contributed by atoms with Crippen molar-refractivity contribution in [1.29, 1.82) is 5.26 Å². The smallest absolute Gasteiger partial charge is 0.243 e. The Balaban J connectivity index is 1.48. The fourth-order valence-electron chi connectivity index (χ4n) is 6.31. The average molecular weight is 494 g/mol. The number of rotatable bonds is 9. The van der Waals surface area contributed by atoms with Gasteiger partial charge in [-0.1, -0.05) is 71.4 Å². The molecule has 5 heteroatoms. The van der Waals surface area contributed by atoms with E-state index in [1.165, 1.54) is 0 Å². The summed E-state index contributed by atoms with van der Waals surface area (Å²) in [6.45, 7) is 11.8. The van der Waals surface area contributed by atoms with E-state index in [-0.39, 0.29) is 29.8 Å². The number of carbonyl (C=O) groups excluding carboxylic acids is 2. The van der Waals surface area contributed by atoms with Gasteiger partial charge in [-0.25, -0.2) is 0 Å². The lowest BCUT2D eigenvalue weighted by Crippen LogP contribution is -2.49. The molecule has 2 fully saturated rings.